The van der Waals surface area contributed by atoms with Gasteiger partial charge in [0.05, 0.1) is 5.00 Å². The Morgan fingerprint density at radius 2 is 2.47 bits per heavy atom. The maximum absolute atomic E-state index is 11.1. The Morgan fingerprint density at radius 3 is 3.06 bits per heavy atom. The lowest BCUT2D eigenvalue weighted by atomic mass is 10.1. The molecule has 2 rings (SSSR count). The second-order valence-electron chi connectivity index (χ2n) is 4.59. The van der Waals surface area contributed by atoms with Gasteiger partial charge in [0.1, 0.15) is 6.04 Å². The van der Waals surface area contributed by atoms with E-state index < -0.39 is 5.97 Å². The van der Waals surface area contributed by atoms with Crippen LogP contribution in [0.5, 0.6) is 0 Å². The van der Waals surface area contributed by atoms with Gasteiger partial charge in [-0.05, 0) is 44.9 Å². The number of hydrogen-bond donors (Lipinski definition) is 2. The summed E-state index contributed by atoms with van der Waals surface area (Å²) in [5.74, 6) is -0.694. The summed E-state index contributed by atoms with van der Waals surface area (Å²) in [5, 5.41) is 9.97. The van der Waals surface area contributed by atoms with E-state index in [2.05, 4.69) is 11.8 Å². The molecule has 2 unspecified atom stereocenters. The van der Waals surface area contributed by atoms with E-state index in [-0.39, 0.29) is 12.1 Å². The average molecular weight is 254 g/mol. The lowest BCUT2D eigenvalue weighted by molar-refractivity contribution is -0.142. The third-order valence-electron chi connectivity index (χ3n) is 3.32. The second kappa shape index (κ2) is 5.06. The van der Waals surface area contributed by atoms with Gasteiger partial charge in [-0.3, -0.25) is 9.69 Å². The van der Waals surface area contributed by atoms with E-state index in [4.69, 9.17) is 10.8 Å². The third-order valence-corrected chi connectivity index (χ3v) is 4.26. The van der Waals surface area contributed by atoms with Gasteiger partial charge < -0.3 is 10.8 Å². The molecule has 1 fully saturated rings. The number of carboxylic acids is 1. The zero-order valence-electron chi connectivity index (χ0n) is 9.93. The Morgan fingerprint density at radius 1 is 1.71 bits per heavy atom. The highest BCUT2D eigenvalue weighted by atomic mass is 32.1. The molecular weight excluding hydrogens is 236 g/mol. The van der Waals surface area contributed by atoms with Crippen molar-refractivity contribution in [1.29, 1.82) is 0 Å². The van der Waals surface area contributed by atoms with Crippen molar-refractivity contribution in [3.05, 3.63) is 17.0 Å². The zero-order valence-corrected chi connectivity index (χ0v) is 10.7. The van der Waals surface area contributed by atoms with Crippen LogP contribution in [0.2, 0.25) is 0 Å². The summed E-state index contributed by atoms with van der Waals surface area (Å²) in [6.07, 6.45) is 2.63. The number of thiophene rings is 1. The van der Waals surface area contributed by atoms with Crippen molar-refractivity contribution in [1.82, 2.24) is 4.90 Å². The molecule has 4 nitrogen and oxygen atoms in total. The summed E-state index contributed by atoms with van der Waals surface area (Å²) in [6.45, 7) is 2.98. The highest BCUT2D eigenvalue weighted by molar-refractivity contribution is 7.15. The van der Waals surface area contributed by atoms with Gasteiger partial charge in [-0.25, -0.2) is 0 Å². The molecule has 5 heteroatoms. The van der Waals surface area contributed by atoms with Crippen molar-refractivity contribution in [2.75, 3.05) is 12.3 Å². The van der Waals surface area contributed by atoms with Crippen molar-refractivity contribution in [2.45, 2.75) is 38.3 Å². The fraction of sp³-hybridized carbons (Fsp3) is 0.583. The van der Waals surface area contributed by atoms with Gasteiger partial charge in [0, 0.05) is 10.9 Å². The van der Waals surface area contributed by atoms with Crippen molar-refractivity contribution < 1.29 is 9.90 Å². The van der Waals surface area contributed by atoms with Gasteiger partial charge in [-0.15, -0.1) is 11.3 Å². The third kappa shape index (κ3) is 2.79. The molecule has 0 spiro atoms. The number of nitrogens with two attached hydrogens (primary N) is 1. The molecule has 0 radical (unpaired) electrons. The van der Waals surface area contributed by atoms with Crippen LogP contribution in [-0.2, 0) is 11.2 Å². The normalized spacial score (nSPS) is 22.8. The zero-order chi connectivity index (χ0) is 12.4. The molecule has 1 saturated heterocycles. The van der Waals surface area contributed by atoms with Crippen molar-refractivity contribution >= 4 is 22.3 Å². The maximum Gasteiger partial charge on any atom is 0.320 e. The highest BCUT2D eigenvalue weighted by Crippen LogP contribution is 2.25. The SMILES string of the molecule is CC(Cc1ccc(N)s1)N1CCCC1C(=O)O. The van der Waals surface area contributed by atoms with Crippen LogP contribution >= 0.6 is 11.3 Å². The summed E-state index contributed by atoms with van der Waals surface area (Å²) >= 11 is 1.59. The molecule has 17 heavy (non-hydrogen) atoms. The standard InChI is InChI=1S/C12H18N2O2S/c1-8(7-9-4-5-11(13)17-9)14-6-2-3-10(14)12(15)16/h4-5,8,10H,2-3,6-7,13H2,1H3,(H,15,16). The number of nitrogen functional groups attached to an aromatic ring is 1. The summed E-state index contributed by atoms with van der Waals surface area (Å²) in [4.78, 5) is 14.4. The lowest BCUT2D eigenvalue weighted by Gasteiger charge is -2.27. The van der Waals surface area contributed by atoms with Crippen LogP contribution in [0.25, 0.3) is 0 Å². The average Bonchev–Trinajstić information content (AvgIpc) is 2.86. The molecule has 1 aliphatic rings. The van der Waals surface area contributed by atoms with E-state index in [1.807, 2.05) is 12.1 Å². The predicted molar refractivity (Wildman–Crippen MR) is 69.3 cm³/mol. The number of carbonyl (C=O) groups is 1. The quantitative estimate of drug-likeness (QED) is 0.860. The fourth-order valence-corrected chi connectivity index (χ4v) is 3.39. The molecule has 2 heterocycles. The Hall–Kier alpha value is -1.07. The summed E-state index contributed by atoms with van der Waals surface area (Å²) in [5.41, 5.74) is 5.69. The Balaban J connectivity index is 1.99. The van der Waals surface area contributed by atoms with E-state index >= 15 is 0 Å². The summed E-state index contributed by atoms with van der Waals surface area (Å²) in [6, 6.07) is 3.90. The monoisotopic (exact) mass is 254 g/mol. The Bertz CT molecular complexity index is 405. The van der Waals surface area contributed by atoms with Crippen molar-refractivity contribution in [3.63, 3.8) is 0 Å². The number of anilines is 1. The van der Waals surface area contributed by atoms with Crippen LogP contribution in [-0.4, -0.2) is 34.6 Å². The maximum atomic E-state index is 11.1. The fourth-order valence-electron chi connectivity index (χ4n) is 2.49. The number of rotatable bonds is 4. The van der Waals surface area contributed by atoms with E-state index in [1.54, 1.807) is 11.3 Å². The first-order chi connectivity index (χ1) is 8.08. The molecule has 0 bridgehead atoms. The van der Waals surface area contributed by atoms with Crippen LogP contribution in [0.3, 0.4) is 0 Å². The summed E-state index contributed by atoms with van der Waals surface area (Å²) in [7, 11) is 0. The van der Waals surface area contributed by atoms with Crippen LogP contribution in [0, 0.1) is 0 Å². The highest BCUT2D eigenvalue weighted by Gasteiger charge is 2.33. The van der Waals surface area contributed by atoms with Crippen LogP contribution in [0.4, 0.5) is 5.00 Å². The van der Waals surface area contributed by atoms with Crippen LogP contribution in [0.1, 0.15) is 24.6 Å². The minimum absolute atomic E-state index is 0.261. The van der Waals surface area contributed by atoms with Crippen molar-refractivity contribution in [2.24, 2.45) is 0 Å². The minimum Gasteiger partial charge on any atom is -0.480 e. The molecule has 0 saturated carbocycles. The van der Waals surface area contributed by atoms with E-state index in [0.29, 0.717) is 0 Å². The lowest BCUT2D eigenvalue weighted by Crippen LogP contribution is -2.42. The molecule has 0 amide bonds. The van der Waals surface area contributed by atoms with Gasteiger partial charge in [0.15, 0.2) is 0 Å². The molecule has 0 aromatic carbocycles. The first kappa shape index (κ1) is 12.4. The molecule has 0 aliphatic carbocycles. The van der Waals surface area contributed by atoms with Crippen molar-refractivity contribution in [3.8, 4) is 0 Å². The first-order valence-electron chi connectivity index (χ1n) is 5.90. The first-order valence-corrected chi connectivity index (χ1v) is 6.72. The van der Waals surface area contributed by atoms with Gasteiger partial charge in [0.2, 0.25) is 0 Å². The number of aliphatic carboxylic acids is 1. The van der Waals surface area contributed by atoms with E-state index in [9.17, 15) is 4.79 Å². The van der Waals surface area contributed by atoms with E-state index in [1.165, 1.54) is 4.88 Å². The van der Waals surface area contributed by atoms with Gasteiger partial charge in [-0.1, -0.05) is 0 Å². The van der Waals surface area contributed by atoms with Crippen LogP contribution < -0.4 is 5.73 Å². The number of likely N-dealkylation sites (tertiary alicyclic amines) is 1. The van der Waals surface area contributed by atoms with Gasteiger partial charge >= 0.3 is 5.97 Å². The molecule has 1 aromatic heterocycles. The number of hydrogen-bond acceptors (Lipinski definition) is 4. The molecular formula is C12H18N2O2S. The molecule has 2 atom stereocenters. The minimum atomic E-state index is -0.694. The van der Waals surface area contributed by atoms with Crippen LogP contribution in [0.15, 0.2) is 12.1 Å². The van der Waals surface area contributed by atoms with E-state index in [0.717, 1.165) is 30.8 Å². The van der Waals surface area contributed by atoms with Gasteiger partial charge in [-0.2, -0.15) is 0 Å². The Labute approximate surface area is 105 Å². The smallest absolute Gasteiger partial charge is 0.320 e. The second-order valence-corrected chi connectivity index (χ2v) is 5.79. The predicted octanol–water partition coefficient (Wildman–Crippen LogP) is 1.81. The largest absolute Gasteiger partial charge is 0.480 e. The molecule has 1 aromatic rings. The summed E-state index contributed by atoms with van der Waals surface area (Å²) < 4.78 is 0. The molecule has 3 N–H and O–H groups in total. The molecule has 1 aliphatic heterocycles. The topological polar surface area (TPSA) is 66.6 Å². The Kier molecular flexibility index (Phi) is 3.69. The number of carboxylic acid groups (broad SMARTS) is 1. The number of nitrogens with zero attached hydrogens (tertiary/aromatic N) is 1. The van der Waals surface area contributed by atoms with Gasteiger partial charge in [0.25, 0.3) is 0 Å². The molecule has 94 valence electrons.